The van der Waals surface area contributed by atoms with Crippen molar-refractivity contribution < 1.29 is 23.9 Å². The molecule has 0 atom stereocenters. The summed E-state index contributed by atoms with van der Waals surface area (Å²) in [5, 5.41) is 0. The lowest BCUT2D eigenvalue weighted by Crippen LogP contribution is -2.43. The molecule has 7 nitrogen and oxygen atoms in total. The lowest BCUT2D eigenvalue weighted by Gasteiger charge is -2.10. The number of hydrogen-bond acceptors (Lipinski definition) is 5. The van der Waals surface area contributed by atoms with Crippen LogP contribution in [-0.4, -0.2) is 31.0 Å². The Morgan fingerprint density at radius 2 is 1.74 bits per heavy atom. The van der Waals surface area contributed by atoms with Gasteiger partial charge in [-0.25, -0.2) is 0 Å². The van der Waals surface area contributed by atoms with Crippen molar-refractivity contribution in [2.75, 3.05) is 13.2 Å². The van der Waals surface area contributed by atoms with Gasteiger partial charge >= 0.3 is 5.97 Å². The summed E-state index contributed by atoms with van der Waals surface area (Å²) in [5.74, 6) is -0.807. The standard InChI is InChI=1S/C16H22N2O5/c1-4-22-16(21)8-7-14(19)17-18-15(20)10-23-13-6-5-11(2)9-12(13)3/h5-6,9H,4,7-8,10H2,1-3H3,(H,17,19)(H,18,20). The maximum absolute atomic E-state index is 11.6. The number of carbonyl (C=O) groups is 3. The number of hydrogen-bond donors (Lipinski definition) is 2. The third-order valence-electron chi connectivity index (χ3n) is 2.89. The molecule has 0 aliphatic carbocycles. The summed E-state index contributed by atoms with van der Waals surface area (Å²) in [7, 11) is 0. The van der Waals surface area contributed by atoms with Crippen molar-refractivity contribution in [3.05, 3.63) is 29.3 Å². The molecule has 0 bridgehead atoms. The lowest BCUT2D eigenvalue weighted by atomic mass is 10.1. The molecule has 23 heavy (non-hydrogen) atoms. The molecular weight excluding hydrogens is 300 g/mol. The van der Waals surface area contributed by atoms with E-state index in [4.69, 9.17) is 9.47 Å². The van der Waals surface area contributed by atoms with E-state index in [1.165, 1.54) is 0 Å². The molecule has 0 fully saturated rings. The summed E-state index contributed by atoms with van der Waals surface area (Å²) in [5.41, 5.74) is 6.47. The molecule has 0 aliphatic rings. The van der Waals surface area contributed by atoms with E-state index in [0.29, 0.717) is 5.75 Å². The van der Waals surface area contributed by atoms with Crippen molar-refractivity contribution in [1.82, 2.24) is 10.9 Å². The minimum absolute atomic E-state index is 0.0331. The smallest absolute Gasteiger partial charge is 0.306 e. The van der Waals surface area contributed by atoms with Crippen molar-refractivity contribution in [1.29, 1.82) is 0 Å². The van der Waals surface area contributed by atoms with E-state index in [1.54, 1.807) is 13.0 Å². The molecule has 0 heterocycles. The Kier molecular flexibility index (Phi) is 7.59. The first-order valence-electron chi connectivity index (χ1n) is 7.35. The fourth-order valence-electron chi connectivity index (χ4n) is 1.79. The highest BCUT2D eigenvalue weighted by Gasteiger charge is 2.09. The molecule has 2 amide bonds. The molecule has 0 aromatic heterocycles. The second-order valence-corrected chi connectivity index (χ2v) is 4.96. The van der Waals surface area contributed by atoms with Gasteiger partial charge in [-0.2, -0.15) is 0 Å². The van der Waals surface area contributed by atoms with Gasteiger partial charge in [-0.05, 0) is 32.4 Å². The number of amides is 2. The molecule has 0 radical (unpaired) electrons. The molecule has 1 aromatic rings. The van der Waals surface area contributed by atoms with Gasteiger partial charge in [0.1, 0.15) is 5.75 Å². The largest absolute Gasteiger partial charge is 0.483 e. The zero-order chi connectivity index (χ0) is 17.2. The predicted octanol–water partition coefficient (Wildman–Crippen LogP) is 1.17. The maximum atomic E-state index is 11.6. The van der Waals surface area contributed by atoms with Crippen LogP contribution in [0.3, 0.4) is 0 Å². The molecule has 0 aliphatic heterocycles. The Labute approximate surface area is 135 Å². The molecule has 0 saturated heterocycles. The van der Waals surface area contributed by atoms with Gasteiger partial charge in [0.2, 0.25) is 5.91 Å². The average Bonchev–Trinajstić information content (AvgIpc) is 2.50. The molecule has 7 heteroatoms. The number of hydrazine groups is 1. The fourth-order valence-corrected chi connectivity index (χ4v) is 1.79. The van der Waals surface area contributed by atoms with Gasteiger partial charge in [-0.3, -0.25) is 25.2 Å². The SMILES string of the molecule is CCOC(=O)CCC(=O)NNC(=O)COc1ccc(C)cc1C. The van der Waals surface area contributed by atoms with Crippen LogP contribution in [0.15, 0.2) is 18.2 Å². The van der Waals surface area contributed by atoms with Crippen molar-refractivity contribution in [2.45, 2.75) is 33.6 Å². The van der Waals surface area contributed by atoms with E-state index in [2.05, 4.69) is 10.9 Å². The van der Waals surface area contributed by atoms with Gasteiger partial charge in [-0.1, -0.05) is 17.7 Å². The van der Waals surface area contributed by atoms with Crippen LogP contribution in [0.5, 0.6) is 5.75 Å². The van der Waals surface area contributed by atoms with E-state index < -0.39 is 17.8 Å². The topological polar surface area (TPSA) is 93.7 Å². The summed E-state index contributed by atoms with van der Waals surface area (Å²) in [6, 6.07) is 5.62. The zero-order valence-electron chi connectivity index (χ0n) is 13.6. The third-order valence-corrected chi connectivity index (χ3v) is 2.89. The van der Waals surface area contributed by atoms with Gasteiger partial charge in [0.15, 0.2) is 6.61 Å². The van der Waals surface area contributed by atoms with Gasteiger partial charge in [0, 0.05) is 6.42 Å². The maximum Gasteiger partial charge on any atom is 0.306 e. The second-order valence-electron chi connectivity index (χ2n) is 4.96. The van der Waals surface area contributed by atoms with E-state index in [1.807, 2.05) is 26.0 Å². The molecule has 0 spiro atoms. The van der Waals surface area contributed by atoms with Crippen molar-refractivity contribution >= 4 is 17.8 Å². The molecular formula is C16H22N2O5. The number of rotatable bonds is 7. The van der Waals surface area contributed by atoms with Crippen LogP contribution in [0.1, 0.15) is 30.9 Å². The minimum Gasteiger partial charge on any atom is -0.483 e. The van der Waals surface area contributed by atoms with E-state index in [0.717, 1.165) is 11.1 Å². The Hall–Kier alpha value is -2.57. The Bertz CT molecular complexity index is 572. The number of aryl methyl sites for hydroxylation is 2. The van der Waals surface area contributed by atoms with Crippen LogP contribution in [0.2, 0.25) is 0 Å². The quantitative estimate of drug-likeness (QED) is 0.580. The summed E-state index contributed by atoms with van der Waals surface area (Å²) in [6.07, 6.45) is -0.0916. The number of carbonyl (C=O) groups excluding carboxylic acids is 3. The van der Waals surface area contributed by atoms with Gasteiger partial charge in [0.05, 0.1) is 13.0 Å². The van der Waals surface area contributed by atoms with Gasteiger partial charge in [0.25, 0.3) is 5.91 Å². The Morgan fingerprint density at radius 1 is 1.04 bits per heavy atom. The lowest BCUT2D eigenvalue weighted by molar-refractivity contribution is -0.144. The van der Waals surface area contributed by atoms with Crippen LogP contribution >= 0.6 is 0 Å². The molecule has 1 rings (SSSR count). The Balaban J connectivity index is 2.26. The van der Waals surface area contributed by atoms with Crippen LogP contribution in [0.25, 0.3) is 0 Å². The first kappa shape index (κ1) is 18.5. The first-order chi connectivity index (χ1) is 10.9. The van der Waals surface area contributed by atoms with E-state index >= 15 is 0 Å². The molecule has 2 N–H and O–H groups in total. The number of ether oxygens (including phenoxy) is 2. The number of benzene rings is 1. The molecule has 0 saturated carbocycles. The first-order valence-corrected chi connectivity index (χ1v) is 7.35. The highest BCUT2D eigenvalue weighted by Crippen LogP contribution is 2.18. The van der Waals surface area contributed by atoms with Crippen LogP contribution < -0.4 is 15.6 Å². The molecule has 1 aromatic carbocycles. The van der Waals surface area contributed by atoms with Crippen molar-refractivity contribution in [2.24, 2.45) is 0 Å². The summed E-state index contributed by atoms with van der Waals surface area (Å²) in [6.45, 7) is 5.59. The van der Waals surface area contributed by atoms with Crippen molar-refractivity contribution in [3.8, 4) is 5.75 Å². The number of esters is 1. The normalized spacial score (nSPS) is 9.87. The second kappa shape index (κ2) is 9.45. The average molecular weight is 322 g/mol. The highest BCUT2D eigenvalue weighted by atomic mass is 16.5. The van der Waals surface area contributed by atoms with Gasteiger partial charge < -0.3 is 9.47 Å². The predicted molar refractivity (Wildman–Crippen MR) is 83.6 cm³/mol. The number of nitrogens with one attached hydrogen (secondary N) is 2. The van der Waals surface area contributed by atoms with Crippen LogP contribution in [0.4, 0.5) is 0 Å². The highest BCUT2D eigenvalue weighted by molar-refractivity contribution is 5.84. The monoisotopic (exact) mass is 322 g/mol. The van der Waals surface area contributed by atoms with E-state index in [9.17, 15) is 14.4 Å². The summed E-state index contributed by atoms with van der Waals surface area (Å²) in [4.78, 5) is 34.1. The summed E-state index contributed by atoms with van der Waals surface area (Å²) < 4.78 is 10.1. The van der Waals surface area contributed by atoms with Crippen LogP contribution in [0, 0.1) is 13.8 Å². The molecule has 0 unspecified atom stereocenters. The van der Waals surface area contributed by atoms with Crippen molar-refractivity contribution in [3.63, 3.8) is 0 Å². The minimum atomic E-state index is -0.491. The molecule has 126 valence electrons. The van der Waals surface area contributed by atoms with E-state index in [-0.39, 0.29) is 26.1 Å². The zero-order valence-corrected chi connectivity index (χ0v) is 13.6. The Morgan fingerprint density at radius 3 is 2.39 bits per heavy atom. The van der Waals surface area contributed by atoms with Crippen LogP contribution in [-0.2, 0) is 19.1 Å². The van der Waals surface area contributed by atoms with Gasteiger partial charge in [-0.15, -0.1) is 0 Å². The summed E-state index contributed by atoms with van der Waals surface area (Å²) >= 11 is 0. The third kappa shape index (κ3) is 7.30. The fraction of sp³-hybridized carbons (Fsp3) is 0.438.